The van der Waals surface area contributed by atoms with Crippen molar-refractivity contribution in [3.8, 4) is 0 Å². The molecule has 0 fully saturated rings. The quantitative estimate of drug-likeness (QED) is 0.739. The lowest BCUT2D eigenvalue weighted by Gasteiger charge is -2.26. The van der Waals surface area contributed by atoms with Crippen LogP contribution < -0.4 is 10.7 Å². The molecule has 0 aromatic rings. The second kappa shape index (κ2) is 4.09. The Balaban J connectivity index is 1.95. The van der Waals surface area contributed by atoms with Gasteiger partial charge in [0.15, 0.2) is 0 Å². The van der Waals surface area contributed by atoms with E-state index in [2.05, 4.69) is 5.32 Å². The number of carbonyl (C=O) groups is 2. The molecule has 19 heavy (non-hydrogen) atoms. The molecule has 1 atom stereocenters. The van der Waals surface area contributed by atoms with Crippen LogP contribution in [0.15, 0.2) is 23.2 Å². The molecule has 6 nitrogen and oxygen atoms in total. The van der Waals surface area contributed by atoms with Crippen LogP contribution in [-0.4, -0.2) is 40.4 Å². The van der Waals surface area contributed by atoms with Gasteiger partial charge in [-0.1, -0.05) is 6.92 Å². The fourth-order valence-corrected chi connectivity index (χ4v) is 2.52. The summed E-state index contributed by atoms with van der Waals surface area (Å²) in [6.45, 7) is 6.11. The number of nitrogens with one attached hydrogen (secondary N) is 2. The molecule has 6 heteroatoms. The van der Waals surface area contributed by atoms with Gasteiger partial charge in [-0.15, -0.1) is 0 Å². The first-order valence-electron chi connectivity index (χ1n) is 7.05. The second-order valence-electron chi connectivity index (χ2n) is 5.27. The Bertz CT molecular complexity index is 555. The van der Waals surface area contributed by atoms with Crippen LogP contribution in [0.4, 0.5) is 0 Å². The van der Waals surface area contributed by atoms with Crippen molar-refractivity contribution >= 4 is 11.8 Å². The van der Waals surface area contributed by atoms with Crippen LogP contribution in [0.1, 0.15) is 27.2 Å². The zero-order valence-electron chi connectivity index (χ0n) is 12.3. The third kappa shape index (κ3) is 1.67. The molecule has 3 rings (SSSR count). The van der Waals surface area contributed by atoms with Crippen LogP contribution in [0.3, 0.4) is 0 Å². The van der Waals surface area contributed by atoms with E-state index in [4.69, 9.17) is 1.41 Å². The fraction of sp³-hybridized carbons (Fsp3) is 0.538. The van der Waals surface area contributed by atoms with Crippen molar-refractivity contribution in [3.05, 3.63) is 23.2 Å². The Morgan fingerprint density at radius 1 is 1.47 bits per heavy atom. The summed E-state index contributed by atoms with van der Waals surface area (Å²) in [5.74, 6) is 0.113. The molecule has 0 radical (unpaired) electrons. The molecule has 0 saturated carbocycles. The van der Waals surface area contributed by atoms with E-state index in [9.17, 15) is 9.59 Å². The van der Waals surface area contributed by atoms with Crippen LogP contribution in [-0.2, 0) is 9.59 Å². The van der Waals surface area contributed by atoms with Crippen molar-refractivity contribution in [2.24, 2.45) is 0 Å². The van der Waals surface area contributed by atoms with Gasteiger partial charge in [0.1, 0.15) is 12.9 Å². The SMILES string of the molecule is [2H]N1C(CC)C=C2NC3=C(CN(C(C)C)C3=O)C(=O)N21. The van der Waals surface area contributed by atoms with E-state index in [-0.39, 0.29) is 23.9 Å². The molecule has 0 bridgehead atoms. The predicted molar refractivity (Wildman–Crippen MR) is 69.2 cm³/mol. The normalized spacial score (nSPS) is 27.7. The molecule has 0 aromatic heterocycles. The summed E-state index contributed by atoms with van der Waals surface area (Å²) in [6, 6.07) is -0.0974. The Morgan fingerprint density at radius 2 is 2.21 bits per heavy atom. The van der Waals surface area contributed by atoms with Crippen LogP contribution in [0.5, 0.6) is 0 Å². The lowest BCUT2D eigenvalue weighted by Crippen LogP contribution is -2.48. The van der Waals surface area contributed by atoms with Crippen LogP contribution in [0.2, 0.25) is 1.41 Å². The summed E-state index contributed by atoms with van der Waals surface area (Å²) in [4.78, 5) is 26.5. The number of rotatable bonds is 2. The van der Waals surface area contributed by atoms with Gasteiger partial charge in [0.2, 0.25) is 0 Å². The minimum absolute atomic E-state index is 0.0435. The van der Waals surface area contributed by atoms with E-state index in [0.717, 1.165) is 6.42 Å². The van der Waals surface area contributed by atoms with Crippen molar-refractivity contribution in [2.75, 3.05) is 6.54 Å². The number of hydrogen-bond donors (Lipinski definition) is 2. The van der Waals surface area contributed by atoms with E-state index < -0.39 is 0 Å². The average Bonchev–Trinajstić information content (AvgIpc) is 2.90. The van der Waals surface area contributed by atoms with E-state index in [1.165, 1.54) is 10.4 Å². The number of hydrazine groups is 1. The Kier molecular flexibility index (Phi) is 2.38. The molecule has 1 unspecified atom stereocenters. The number of amides is 2. The molecule has 3 aliphatic rings. The largest absolute Gasteiger partial charge is 0.336 e. The maximum atomic E-state index is 12.5. The number of nitrogens with zero attached hydrogens (tertiary/aromatic N) is 2. The molecule has 0 aliphatic carbocycles. The van der Waals surface area contributed by atoms with Gasteiger partial charge in [-0.25, -0.2) is 10.4 Å². The second-order valence-corrected chi connectivity index (χ2v) is 5.27. The molecule has 2 amide bonds. The third-order valence-corrected chi connectivity index (χ3v) is 3.69. The summed E-state index contributed by atoms with van der Waals surface area (Å²) < 4.78 is 8.01. The Morgan fingerprint density at radius 3 is 2.84 bits per heavy atom. The van der Waals surface area contributed by atoms with Gasteiger partial charge in [-0.2, -0.15) is 0 Å². The Hall–Kier alpha value is -1.82. The molecule has 2 N–H and O–H groups in total. The minimum Gasteiger partial charge on any atom is -0.336 e. The highest BCUT2D eigenvalue weighted by molar-refractivity contribution is 6.10. The van der Waals surface area contributed by atoms with Gasteiger partial charge in [0, 0.05) is 12.1 Å². The summed E-state index contributed by atoms with van der Waals surface area (Å²) in [6.07, 6.45) is 2.55. The summed E-state index contributed by atoms with van der Waals surface area (Å²) in [7, 11) is 0. The summed E-state index contributed by atoms with van der Waals surface area (Å²) in [5.41, 5.74) is 2.00. The van der Waals surface area contributed by atoms with Gasteiger partial charge in [0.25, 0.3) is 11.8 Å². The molecular weight excluding hydrogens is 244 g/mol. The standard InChI is InChI=1S/C13H18N4O2/c1-4-8-5-10-14-11-9(12(18)17(10)15-8)6-16(7(2)3)13(11)19/h5,7-8,14-15H,4,6H2,1-3H3/i/hD. The first kappa shape index (κ1) is 11.0. The van der Waals surface area contributed by atoms with Crippen LogP contribution in [0, 0.1) is 0 Å². The first-order valence-corrected chi connectivity index (χ1v) is 6.61. The minimum atomic E-state index is -0.271. The zero-order chi connectivity index (χ0) is 14.6. The van der Waals surface area contributed by atoms with Crippen molar-refractivity contribution < 1.29 is 11.0 Å². The third-order valence-electron chi connectivity index (χ3n) is 3.69. The van der Waals surface area contributed by atoms with Crippen molar-refractivity contribution in [2.45, 2.75) is 39.3 Å². The highest BCUT2D eigenvalue weighted by Crippen LogP contribution is 2.29. The van der Waals surface area contributed by atoms with Crippen molar-refractivity contribution in [3.63, 3.8) is 0 Å². The topological polar surface area (TPSA) is 64.7 Å². The fourth-order valence-electron chi connectivity index (χ4n) is 2.52. The highest BCUT2D eigenvalue weighted by atomic mass is 16.2. The number of hydrogen-bond acceptors (Lipinski definition) is 4. The lowest BCUT2D eigenvalue weighted by atomic mass is 10.2. The maximum Gasteiger partial charge on any atom is 0.274 e. The number of carbonyl (C=O) groups excluding carboxylic acids is 2. The summed E-state index contributed by atoms with van der Waals surface area (Å²) >= 11 is 0. The van der Waals surface area contributed by atoms with Gasteiger partial charge in [0.05, 0.1) is 12.1 Å². The summed E-state index contributed by atoms with van der Waals surface area (Å²) in [5, 5.41) is 4.34. The smallest absolute Gasteiger partial charge is 0.274 e. The Labute approximate surface area is 113 Å². The van der Waals surface area contributed by atoms with E-state index >= 15 is 0 Å². The molecular formula is C13H18N4O2. The molecule has 102 valence electrons. The average molecular weight is 263 g/mol. The monoisotopic (exact) mass is 263 g/mol. The van der Waals surface area contributed by atoms with E-state index in [1.807, 2.05) is 26.8 Å². The van der Waals surface area contributed by atoms with Gasteiger partial charge < -0.3 is 10.2 Å². The van der Waals surface area contributed by atoms with Crippen molar-refractivity contribution in [1.82, 2.24) is 20.6 Å². The molecule has 0 aromatic carbocycles. The van der Waals surface area contributed by atoms with Gasteiger partial charge in [-0.3, -0.25) is 9.59 Å². The maximum absolute atomic E-state index is 12.5. The number of fused-ring (bicyclic) bond motifs is 1. The van der Waals surface area contributed by atoms with E-state index in [1.54, 1.807) is 4.90 Å². The van der Waals surface area contributed by atoms with Crippen LogP contribution >= 0.6 is 0 Å². The van der Waals surface area contributed by atoms with Gasteiger partial charge >= 0.3 is 0 Å². The zero-order valence-corrected chi connectivity index (χ0v) is 11.3. The predicted octanol–water partition coefficient (Wildman–Crippen LogP) is 0.0611. The molecule has 3 heterocycles. The lowest BCUT2D eigenvalue weighted by molar-refractivity contribution is -0.129. The van der Waals surface area contributed by atoms with Gasteiger partial charge in [-0.05, 0) is 26.3 Å². The van der Waals surface area contributed by atoms with E-state index in [0.29, 0.717) is 23.6 Å². The molecule has 0 spiro atoms. The molecule has 3 aliphatic heterocycles. The first-order chi connectivity index (χ1) is 9.45. The molecule has 0 saturated heterocycles. The van der Waals surface area contributed by atoms with Crippen LogP contribution in [0.25, 0.3) is 0 Å². The van der Waals surface area contributed by atoms with Crippen molar-refractivity contribution in [1.29, 1.82) is 0 Å². The highest BCUT2D eigenvalue weighted by Gasteiger charge is 2.43.